The Morgan fingerprint density at radius 1 is 1.69 bits per heavy atom. The average molecular weight is 260 g/mol. The summed E-state index contributed by atoms with van der Waals surface area (Å²) in [4.78, 5) is 15.5. The first-order valence-corrected chi connectivity index (χ1v) is 5.89. The van der Waals surface area contributed by atoms with Gasteiger partial charge in [-0.05, 0) is 18.4 Å². The number of pyridine rings is 1. The molecule has 86 valence electrons. The van der Waals surface area contributed by atoms with Crippen LogP contribution in [0.3, 0.4) is 0 Å². The molecular weight excluding hydrogens is 250 g/mol. The third-order valence-corrected chi connectivity index (χ3v) is 2.88. The van der Waals surface area contributed by atoms with Gasteiger partial charge in [0.25, 0.3) is 6.20 Å². The lowest BCUT2D eigenvalue weighted by Gasteiger charge is -2.18. The molecule has 0 unspecified atom stereocenters. The molecule has 0 fully saturated rings. The summed E-state index contributed by atoms with van der Waals surface area (Å²) >= 11 is 6.95. The summed E-state index contributed by atoms with van der Waals surface area (Å²) in [7, 11) is 1.73. The highest BCUT2D eigenvalue weighted by Gasteiger charge is 2.10. The molecule has 0 amide bonds. The molecule has 0 N–H and O–H groups in total. The van der Waals surface area contributed by atoms with Gasteiger partial charge < -0.3 is 4.90 Å². The van der Waals surface area contributed by atoms with Gasteiger partial charge in [-0.1, -0.05) is 11.6 Å². The van der Waals surface area contributed by atoms with E-state index in [0.29, 0.717) is 10.2 Å². The standard InChI is InChI=1S/C9H10ClN3O2S/c1-12(9(16-2)6-13(14)15)7-3-4-8(10)11-5-7/h3-6H,1-2H3. The maximum atomic E-state index is 10.4. The fraction of sp³-hybridized carbons (Fsp3) is 0.222. The fourth-order valence-electron chi connectivity index (χ4n) is 1.06. The molecule has 0 saturated heterocycles. The van der Waals surface area contributed by atoms with Crippen molar-refractivity contribution in [2.24, 2.45) is 0 Å². The first-order valence-electron chi connectivity index (χ1n) is 4.29. The van der Waals surface area contributed by atoms with Gasteiger partial charge in [0.05, 0.1) is 16.8 Å². The van der Waals surface area contributed by atoms with E-state index in [-0.39, 0.29) is 0 Å². The second-order valence-electron chi connectivity index (χ2n) is 2.85. The van der Waals surface area contributed by atoms with Crippen molar-refractivity contribution in [1.82, 2.24) is 4.98 Å². The number of halogens is 1. The quantitative estimate of drug-likeness (QED) is 0.473. The van der Waals surface area contributed by atoms with Gasteiger partial charge in [-0.15, -0.1) is 11.8 Å². The summed E-state index contributed by atoms with van der Waals surface area (Å²) in [5, 5.41) is 11.3. The van der Waals surface area contributed by atoms with Crippen LogP contribution in [-0.4, -0.2) is 23.2 Å². The number of hydrogen-bond donors (Lipinski definition) is 0. The number of rotatable bonds is 4. The maximum absolute atomic E-state index is 10.4. The predicted molar refractivity (Wildman–Crippen MR) is 66.2 cm³/mol. The average Bonchev–Trinajstić information content (AvgIpc) is 2.25. The minimum atomic E-state index is -0.480. The van der Waals surface area contributed by atoms with Gasteiger partial charge in [-0.25, -0.2) is 4.98 Å². The number of nitro groups is 1. The lowest BCUT2D eigenvalue weighted by atomic mass is 10.4. The van der Waals surface area contributed by atoms with Crippen LogP contribution in [0.2, 0.25) is 5.15 Å². The Bertz CT molecular complexity index is 408. The van der Waals surface area contributed by atoms with Crippen LogP contribution in [0, 0.1) is 10.1 Å². The van der Waals surface area contributed by atoms with Crippen molar-refractivity contribution in [2.75, 3.05) is 18.2 Å². The first-order chi connectivity index (χ1) is 7.54. The minimum Gasteiger partial charge on any atom is -0.333 e. The van der Waals surface area contributed by atoms with Gasteiger partial charge in [0.1, 0.15) is 10.2 Å². The molecule has 0 saturated carbocycles. The monoisotopic (exact) mass is 259 g/mol. The van der Waals surface area contributed by atoms with Crippen molar-refractivity contribution >= 4 is 29.1 Å². The Hall–Kier alpha value is -1.27. The van der Waals surface area contributed by atoms with Crippen LogP contribution in [0.4, 0.5) is 5.69 Å². The van der Waals surface area contributed by atoms with Gasteiger partial charge in [0.15, 0.2) is 0 Å². The highest BCUT2D eigenvalue weighted by molar-refractivity contribution is 8.02. The van der Waals surface area contributed by atoms with E-state index in [1.165, 1.54) is 11.8 Å². The summed E-state index contributed by atoms with van der Waals surface area (Å²) in [6.07, 6.45) is 4.29. The molecule has 0 atom stereocenters. The van der Waals surface area contributed by atoms with Crippen LogP contribution in [0.5, 0.6) is 0 Å². The van der Waals surface area contributed by atoms with E-state index in [0.717, 1.165) is 11.9 Å². The van der Waals surface area contributed by atoms with Crippen molar-refractivity contribution in [3.05, 3.63) is 44.8 Å². The molecule has 0 aliphatic carbocycles. The molecule has 0 spiro atoms. The largest absolute Gasteiger partial charge is 0.333 e. The van der Waals surface area contributed by atoms with Gasteiger partial charge in [-0.3, -0.25) is 10.1 Å². The van der Waals surface area contributed by atoms with Crippen LogP contribution < -0.4 is 4.90 Å². The molecule has 5 nitrogen and oxygen atoms in total. The van der Waals surface area contributed by atoms with E-state index >= 15 is 0 Å². The number of aromatic nitrogens is 1. The van der Waals surface area contributed by atoms with Crippen LogP contribution in [0.1, 0.15) is 0 Å². The van der Waals surface area contributed by atoms with E-state index in [1.807, 2.05) is 0 Å². The summed E-state index contributed by atoms with van der Waals surface area (Å²) < 4.78 is 0. The van der Waals surface area contributed by atoms with Crippen molar-refractivity contribution in [3.8, 4) is 0 Å². The fourth-order valence-corrected chi connectivity index (χ4v) is 1.74. The lowest BCUT2D eigenvalue weighted by molar-refractivity contribution is -0.402. The molecule has 1 heterocycles. The second-order valence-corrected chi connectivity index (χ2v) is 4.07. The summed E-state index contributed by atoms with van der Waals surface area (Å²) in [6.45, 7) is 0. The van der Waals surface area contributed by atoms with E-state index < -0.39 is 4.92 Å². The number of anilines is 1. The predicted octanol–water partition coefficient (Wildman–Crippen LogP) is 2.61. The topological polar surface area (TPSA) is 59.3 Å². The molecule has 0 aliphatic heterocycles. The highest BCUT2D eigenvalue weighted by atomic mass is 35.5. The van der Waals surface area contributed by atoms with Gasteiger partial charge in [0.2, 0.25) is 0 Å². The normalized spacial score (nSPS) is 11.3. The van der Waals surface area contributed by atoms with Crippen molar-refractivity contribution in [3.63, 3.8) is 0 Å². The molecule has 1 aromatic heterocycles. The third-order valence-electron chi connectivity index (χ3n) is 1.85. The van der Waals surface area contributed by atoms with Gasteiger partial charge in [-0.2, -0.15) is 0 Å². The van der Waals surface area contributed by atoms with Crippen molar-refractivity contribution in [2.45, 2.75) is 0 Å². The van der Waals surface area contributed by atoms with Crippen LogP contribution in [-0.2, 0) is 0 Å². The summed E-state index contributed by atoms with van der Waals surface area (Å²) in [5.74, 6) is 0. The second kappa shape index (κ2) is 5.72. The summed E-state index contributed by atoms with van der Waals surface area (Å²) in [5.41, 5.74) is 0.742. The van der Waals surface area contributed by atoms with Crippen LogP contribution in [0.15, 0.2) is 29.6 Å². The molecule has 0 bridgehead atoms. The molecule has 1 rings (SSSR count). The number of nitrogens with zero attached hydrogens (tertiary/aromatic N) is 3. The molecule has 16 heavy (non-hydrogen) atoms. The Morgan fingerprint density at radius 2 is 2.38 bits per heavy atom. The SMILES string of the molecule is CSC(=C[N+](=O)[O-])N(C)c1ccc(Cl)nc1. The molecular formula is C9H10ClN3O2S. The zero-order valence-electron chi connectivity index (χ0n) is 8.75. The number of thioether (sulfide) groups is 1. The van der Waals surface area contributed by atoms with E-state index in [1.54, 1.807) is 36.5 Å². The minimum absolute atomic E-state index is 0.390. The Balaban J connectivity index is 2.95. The smallest absolute Gasteiger partial charge is 0.264 e. The van der Waals surface area contributed by atoms with E-state index in [2.05, 4.69) is 4.98 Å². The van der Waals surface area contributed by atoms with Crippen LogP contribution in [0.25, 0.3) is 0 Å². The Kier molecular flexibility index (Phi) is 4.57. The Morgan fingerprint density at radius 3 is 2.81 bits per heavy atom. The Labute approximate surface area is 102 Å². The number of hydrogen-bond acceptors (Lipinski definition) is 5. The zero-order chi connectivity index (χ0) is 12.1. The maximum Gasteiger partial charge on any atom is 0.264 e. The molecule has 1 aromatic rings. The molecule has 0 radical (unpaired) electrons. The van der Waals surface area contributed by atoms with E-state index in [9.17, 15) is 10.1 Å². The van der Waals surface area contributed by atoms with Crippen molar-refractivity contribution < 1.29 is 4.92 Å². The van der Waals surface area contributed by atoms with Gasteiger partial charge >= 0.3 is 0 Å². The van der Waals surface area contributed by atoms with Crippen LogP contribution >= 0.6 is 23.4 Å². The van der Waals surface area contributed by atoms with Crippen molar-refractivity contribution in [1.29, 1.82) is 0 Å². The van der Waals surface area contributed by atoms with Gasteiger partial charge in [0, 0.05) is 7.05 Å². The first kappa shape index (κ1) is 12.8. The summed E-state index contributed by atoms with van der Waals surface area (Å²) in [6, 6.07) is 3.39. The lowest BCUT2D eigenvalue weighted by Crippen LogP contribution is -2.15. The molecule has 7 heteroatoms. The highest BCUT2D eigenvalue weighted by Crippen LogP contribution is 2.23. The molecule has 0 aromatic carbocycles. The van der Waals surface area contributed by atoms with E-state index in [4.69, 9.17) is 11.6 Å². The third kappa shape index (κ3) is 3.39. The molecule has 0 aliphatic rings. The zero-order valence-corrected chi connectivity index (χ0v) is 10.3.